The van der Waals surface area contributed by atoms with Gasteiger partial charge in [0.15, 0.2) is 0 Å². The third kappa shape index (κ3) is 2.47. The van der Waals surface area contributed by atoms with Crippen LogP contribution in [-0.2, 0) is 4.79 Å². The number of carbonyl (C=O) groups excluding carboxylic acids is 1. The monoisotopic (exact) mass is 332 g/mol. The highest BCUT2D eigenvalue weighted by atomic mass is 16.1. The topological polar surface area (TPSA) is 69.8 Å². The van der Waals surface area contributed by atoms with Crippen LogP contribution in [0, 0.1) is 0 Å². The Hall–Kier alpha value is -2.82. The molecule has 3 N–H and O–H groups in total. The molecule has 1 atom stereocenters. The van der Waals surface area contributed by atoms with Gasteiger partial charge in [0.1, 0.15) is 0 Å². The fraction of sp³-hybridized carbons (Fsp3) is 0.300. The molecule has 3 aromatic rings. The second kappa shape index (κ2) is 5.34. The fourth-order valence-electron chi connectivity index (χ4n) is 3.70. The first-order valence-electron chi connectivity index (χ1n) is 8.87. The van der Waals surface area contributed by atoms with Crippen LogP contribution in [0.5, 0.6) is 0 Å². The van der Waals surface area contributed by atoms with Crippen molar-refractivity contribution in [3.8, 4) is 11.1 Å². The number of hydrogen-bond acceptors (Lipinski definition) is 3. The molecule has 5 rings (SSSR count). The van der Waals surface area contributed by atoms with Gasteiger partial charge >= 0.3 is 0 Å². The first-order valence-corrected chi connectivity index (χ1v) is 8.87. The molecule has 0 saturated heterocycles. The van der Waals surface area contributed by atoms with Crippen LogP contribution in [-0.4, -0.2) is 22.1 Å². The SMILES string of the molecule is C[C@H]1CC(=O)Nc2cccc(-c3ccc4[nH]nc(C5CC5)c4c3)c2N1. The van der Waals surface area contributed by atoms with Gasteiger partial charge in [-0.2, -0.15) is 5.10 Å². The number of benzene rings is 2. The number of H-pyrrole nitrogens is 1. The molecular formula is C20H20N4O. The van der Waals surface area contributed by atoms with Crippen LogP contribution >= 0.6 is 0 Å². The molecule has 5 nitrogen and oxygen atoms in total. The molecule has 2 aromatic carbocycles. The molecule has 0 spiro atoms. The van der Waals surface area contributed by atoms with Gasteiger partial charge in [-0.05, 0) is 43.5 Å². The van der Waals surface area contributed by atoms with E-state index < -0.39 is 0 Å². The van der Waals surface area contributed by atoms with Crippen LogP contribution in [0.25, 0.3) is 22.0 Å². The number of nitrogens with one attached hydrogen (secondary N) is 3. The maximum Gasteiger partial charge on any atom is 0.226 e. The Morgan fingerprint density at radius 1 is 1.16 bits per heavy atom. The summed E-state index contributed by atoms with van der Waals surface area (Å²) in [4.78, 5) is 12.0. The Bertz CT molecular complexity index is 987. The molecule has 0 unspecified atom stereocenters. The van der Waals surface area contributed by atoms with Crippen molar-refractivity contribution in [2.75, 3.05) is 10.6 Å². The third-order valence-corrected chi connectivity index (χ3v) is 5.09. The second-order valence-corrected chi connectivity index (χ2v) is 7.17. The summed E-state index contributed by atoms with van der Waals surface area (Å²) in [5.41, 5.74) is 6.37. The molecule has 25 heavy (non-hydrogen) atoms. The zero-order chi connectivity index (χ0) is 17.0. The van der Waals surface area contributed by atoms with Crippen molar-refractivity contribution in [2.24, 2.45) is 0 Å². The molecule has 1 aliphatic heterocycles. The first-order chi connectivity index (χ1) is 12.2. The van der Waals surface area contributed by atoms with Crippen molar-refractivity contribution in [1.82, 2.24) is 10.2 Å². The van der Waals surface area contributed by atoms with E-state index in [1.807, 2.05) is 19.1 Å². The Labute approximate surface area is 145 Å². The molecule has 1 aromatic heterocycles. The molecule has 1 fully saturated rings. The van der Waals surface area contributed by atoms with E-state index in [0.717, 1.165) is 28.0 Å². The van der Waals surface area contributed by atoms with Crippen LogP contribution in [0.2, 0.25) is 0 Å². The van der Waals surface area contributed by atoms with Gasteiger partial charge in [0.25, 0.3) is 0 Å². The number of para-hydroxylation sites is 1. The van der Waals surface area contributed by atoms with E-state index in [4.69, 9.17) is 0 Å². The van der Waals surface area contributed by atoms with E-state index in [1.54, 1.807) is 0 Å². The predicted octanol–water partition coefficient (Wildman–Crippen LogP) is 4.25. The van der Waals surface area contributed by atoms with Crippen molar-refractivity contribution in [1.29, 1.82) is 0 Å². The van der Waals surface area contributed by atoms with Crippen LogP contribution in [0.3, 0.4) is 0 Å². The van der Waals surface area contributed by atoms with Crippen LogP contribution in [0.4, 0.5) is 11.4 Å². The van der Waals surface area contributed by atoms with Crippen molar-refractivity contribution in [3.63, 3.8) is 0 Å². The average molecular weight is 332 g/mol. The van der Waals surface area contributed by atoms with Crippen LogP contribution in [0.1, 0.15) is 37.8 Å². The van der Waals surface area contributed by atoms with E-state index in [9.17, 15) is 4.79 Å². The summed E-state index contributed by atoms with van der Waals surface area (Å²) in [5, 5.41) is 15.4. The summed E-state index contributed by atoms with van der Waals surface area (Å²) in [6.07, 6.45) is 2.94. The molecule has 0 bridgehead atoms. The zero-order valence-electron chi connectivity index (χ0n) is 14.1. The molecular weight excluding hydrogens is 312 g/mol. The summed E-state index contributed by atoms with van der Waals surface area (Å²) in [5.74, 6) is 0.659. The number of aromatic nitrogens is 2. The number of hydrogen-bond donors (Lipinski definition) is 3. The molecule has 5 heteroatoms. The molecule has 1 saturated carbocycles. The molecule has 1 aliphatic carbocycles. The lowest BCUT2D eigenvalue weighted by Gasteiger charge is -2.16. The highest BCUT2D eigenvalue weighted by molar-refractivity contribution is 6.01. The summed E-state index contributed by atoms with van der Waals surface area (Å²) in [6.45, 7) is 2.04. The summed E-state index contributed by atoms with van der Waals surface area (Å²) in [6, 6.07) is 12.6. The standard InChI is InChI=1S/C20H20N4O/c1-11-9-18(25)22-17-4-2-3-14(20(17)21-11)13-7-8-16-15(10-13)19(24-23-16)12-5-6-12/h2-4,7-8,10-12,21H,5-6,9H2,1H3,(H,22,25)(H,23,24)/t11-/m0/s1. The summed E-state index contributed by atoms with van der Waals surface area (Å²) < 4.78 is 0. The van der Waals surface area contributed by atoms with E-state index in [1.165, 1.54) is 23.9 Å². The van der Waals surface area contributed by atoms with E-state index in [0.29, 0.717) is 12.3 Å². The summed E-state index contributed by atoms with van der Waals surface area (Å²) >= 11 is 0. The van der Waals surface area contributed by atoms with Crippen molar-refractivity contribution in [2.45, 2.75) is 38.1 Å². The van der Waals surface area contributed by atoms with Gasteiger partial charge in [0, 0.05) is 29.3 Å². The number of amides is 1. The van der Waals surface area contributed by atoms with E-state index >= 15 is 0 Å². The molecule has 1 amide bonds. The molecule has 126 valence electrons. The lowest BCUT2D eigenvalue weighted by atomic mass is 9.99. The number of rotatable bonds is 2. The largest absolute Gasteiger partial charge is 0.380 e. The lowest BCUT2D eigenvalue weighted by Crippen LogP contribution is -2.19. The van der Waals surface area contributed by atoms with Crippen LogP contribution in [0.15, 0.2) is 36.4 Å². The number of fused-ring (bicyclic) bond motifs is 2. The Balaban J connectivity index is 1.66. The Kier molecular flexibility index (Phi) is 3.10. The van der Waals surface area contributed by atoms with Crippen LogP contribution < -0.4 is 10.6 Å². The number of carbonyl (C=O) groups is 1. The van der Waals surface area contributed by atoms with Gasteiger partial charge in [0.05, 0.1) is 22.6 Å². The second-order valence-electron chi connectivity index (χ2n) is 7.17. The Morgan fingerprint density at radius 3 is 2.88 bits per heavy atom. The minimum atomic E-state index is 0.0530. The van der Waals surface area contributed by atoms with Crippen molar-refractivity contribution >= 4 is 28.2 Å². The van der Waals surface area contributed by atoms with Gasteiger partial charge < -0.3 is 10.6 Å². The van der Waals surface area contributed by atoms with Gasteiger partial charge in [-0.1, -0.05) is 18.2 Å². The van der Waals surface area contributed by atoms with E-state index in [-0.39, 0.29) is 11.9 Å². The van der Waals surface area contributed by atoms with E-state index in [2.05, 4.69) is 45.1 Å². The number of nitrogens with zero attached hydrogens (tertiary/aromatic N) is 1. The van der Waals surface area contributed by atoms with Gasteiger partial charge in [-0.25, -0.2) is 0 Å². The first kappa shape index (κ1) is 14.5. The lowest BCUT2D eigenvalue weighted by molar-refractivity contribution is -0.116. The van der Waals surface area contributed by atoms with Gasteiger partial charge in [-0.3, -0.25) is 9.89 Å². The maximum atomic E-state index is 12.0. The minimum Gasteiger partial charge on any atom is -0.380 e. The van der Waals surface area contributed by atoms with Crippen molar-refractivity contribution < 1.29 is 4.79 Å². The third-order valence-electron chi connectivity index (χ3n) is 5.09. The highest BCUT2D eigenvalue weighted by Gasteiger charge is 2.28. The molecule has 2 aliphatic rings. The summed E-state index contributed by atoms with van der Waals surface area (Å²) in [7, 11) is 0. The number of anilines is 2. The van der Waals surface area contributed by atoms with Crippen molar-refractivity contribution in [3.05, 3.63) is 42.1 Å². The molecule has 2 heterocycles. The van der Waals surface area contributed by atoms with Gasteiger partial charge in [-0.15, -0.1) is 0 Å². The quantitative estimate of drug-likeness (QED) is 0.657. The van der Waals surface area contributed by atoms with Gasteiger partial charge in [0.2, 0.25) is 5.91 Å². The fourth-order valence-corrected chi connectivity index (χ4v) is 3.70. The zero-order valence-corrected chi connectivity index (χ0v) is 14.1. The minimum absolute atomic E-state index is 0.0530. The molecule has 0 radical (unpaired) electrons. The predicted molar refractivity (Wildman–Crippen MR) is 99.8 cm³/mol. The Morgan fingerprint density at radius 2 is 2.04 bits per heavy atom. The maximum absolute atomic E-state index is 12.0. The normalized spacial score (nSPS) is 19.9. The highest BCUT2D eigenvalue weighted by Crippen LogP contribution is 2.43. The number of aromatic amines is 1. The average Bonchev–Trinajstić information content (AvgIpc) is 3.36. The smallest absolute Gasteiger partial charge is 0.226 e.